The van der Waals surface area contributed by atoms with Crippen LogP contribution in [-0.4, -0.2) is 36.1 Å². The minimum Gasteiger partial charge on any atom is -0.492 e. The number of rotatable bonds is 5. The van der Waals surface area contributed by atoms with Gasteiger partial charge < -0.3 is 15.4 Å². The van der Waals surface area contributed by atoms with Crippen LogP contribution in [0, 0.1) is 6.92 Å². The summed E-state index contributed by atoms with van der Waals surface area (Å²) < 4.78 is 5.82. The van der Waals surface area contributed by atoms with Gasteiger partial charge in [-0.1, -0.05) is 12.2 Å². The van der Waals surface area contributed by atoms with Crippen LogP contribution in [0.15, 0.2) is 18.2 Å². The first-order valence-corrected chi connectivity index (χ1v) is 6.35. The standard InChI is InChI=1S/C14H22N2OS/c1-10-8-11(6-7-12(10)13(15)18)17-9-14(2,3)16(4)5/h6-8H,9H2,1-5H3,(H2,15,18). The van der Waals surface area contributed by atoms with Gasteiger partial charge in [0.2, 0.25) is 0 Å². The van der Waals surface area contributed by atoms with Gasteiger partial charge in [-0.2, -0.15) is 0 Å². The van der Waals surface area contributed by atoms with E-state index >= 15 is 0 Å². The fraction of sp³-hybridized carbons (Fsp3) is 0.500. The van der Waals surface area contributed by atoms with E-state index in [-0.39, 0.29) is 5.54 Å². The van der Waals surface area contributed by atoms with E-state index in [1.807, 2.05) is 39.2 Å². The average molecular weight is 266 g/mol. The highest BCUT2D eigenvalue weighted by atomic mass is 32.1. The Bertz CT molecular complexity index is 441. The molecule has 0 saturated heterocycles. The lowest BCUT2D eigenvalue weighted by molar-refractivity contribution is 0.114. The molecule has 0 bridgehead atoms. The molecule has 0 aliphatic heterocycles. The van der Waals surface area contributed by atoms with Crippen LogP contribution < -0.4 is 10.5 Å². The summed E-state index contributed by atoms with van der Waals surface area (Å²) in [7, 11) is 4.09. The van der Waals surface area contributed by atoms with Gasteiger partial charge in [-0.15, -0.1) is 0 Å². The molecule has 0 radical (unpaired) electrons. The molecule has 0 aromatic heterocycles. The maximum atomic E-state index is 5.82. The highest BCUT2D eigenvalue weighted by Crippen LogP contribution is 2.19. The second kappa shape index (κ2) is 5.67. The Morgan fingerprint density at radius 3 is 2.44 bits per heavy atom. The van der Waals surface area contributed by atoms with E-state index < -0.39 is 0 Å². The van der Waals surface area contributed by atoms with Gasteiger partial charge in [0, 0.05) is 11.1 Å². The van der Waals surface area contributed by atoms with Crippen molar-refractivity contribution in [1.82, 2.24) is 4.90 Å². The van der Waals surface area contributed by atoms with Crippen LogP contribution in [0.5, 0.6) is 5.75 Å². The maximum absolute atomic E-state index is 5.82. The number of benzene rings is 1. The molecule has 1 rings (SSSR count). The van der Waals surface area contributed by atoms with Gasteiger partial charge in [0.1, 0.15) is 17.3 Å². The van der Waals surface area contributed by atoms with Crippen LogP contribution in [0.1, 0.15) is 25.0 Å². The van der Waals surface area contributed by atoms with Gasteiger partial charge in [-0.05, 0) is 58.6 Å². The average Bonchev–Trinajstić information content (AvgIpc) is 2.25. The van der Waals surface area contributed by atoms with Gasteiger partial charge in [0.05, 0.1) is 0 Å². The summed E-state index contributed by atoms with van der Waals surface area (Å²) in [6.07, 6.45) is 0. The highest BCUT2D eigenvalue weighted by Gasteiger charge is 2.21. The SMILES string of the molecule is Cc1cc(OCC(C)(C)N(C)C)ccc1C(N)=S. The number of ether oxygens (including phenoxy) is 1. The van der Waals surface area contributed by atoms with Gasteiger partial charge in [0.25, 0.3) is 0 Å². The third-order valence-corrected chi connectivity index (χ3v) is 3.49. The highest BCUT2D eigenvalue weighted by molar-refractivity contribution is 7.80. The van der Waals surface area contributed by atoms with E-state index in [2.05, 4.69) is 18.7 Å². The van der Waals surface area contributed by atoms with E-state index in [9.17, 15) is 0 Å². The molecule has 0 aliphatic carbocycles. The van der Waals surface area contributed by atoms with Crippen molar-refractivity contribution >= 4 is 17.2 Å². The Kier molecular flexibility index (Phi) is 4.71. The Morgan fingerprint density at radius 1 is 1.39 bits per heavy atom. The molecule has 0 fully saturated rings. The molecular weight excluding hydrogens is 244 g/mol. The minimum absolute atomic E-state index is 0.00422. The van der Waals surface area contributed by atoms with E-state index in [0.717, 1.165) is 16.9 Å². The number of hydrogen-bond acceptors (Lipinski definition) is 3. The Balaban J connectivity index is 2.76. The van der Waals surface area contributed by atoms with Crippen LogP contribution >= 0.6 is 12.2 Å². The summed E-state index contributed by atoms with van der Waals surface area (Å²) in [6, 6.07) is 5.79. The molecular formula is C14H22N2OS. The monoisotopic (exact) mass is 266 g/mol. The predicted octanol–water partition coefficient (Wildman–Crippen LogP) is 2.35. The maximum Gasteiger partial charge on any atom is 0.119 e. The molecule has 0 heterocycles. The smallest absolute Gasteiger partial charge is 0.119 e. The summed E-state index contributed by atoms with van der Waals surface area (Å²) in [5, 5.41) is 0. The van der Waals surface area contributed by atoms with Crippen molar-refractivity contribution in [2.75, 3.05) is 20.7 Å². The van der Waals surface area contributed by atoms with Gasteiger partial charge >= 0.3 is 0 Å². The van der Waals surface area contributed by atoms with Gasteiger partial charge in [0.15, 0.2) is 0 Å². The molecule has 3 nitrogen and oxygen atoms in total. The van der Waals surface area contributed by atoms with E-state index in [0.29, 0.717) is 11.6 Å². The van der Waals surface area contributed by atoms with Crippen molar-refractivity contribution in [3.8, 4) is 5.75 Å². The van der Waals surface area contributed by atoms with Crippen LogP contribution in [-0.2, 0) is 0 Å². The predicted molar refractivity (Wildman–Crippen MR) is 80.3 cm³/mol. The van der Waals surface area contributed by atoms with Crippen LogP contribution in [0.4, 0.5) is 0 Å². The molecule has 1 aromatic rings. The third-order valence-electron chi connectivity index (χ3n) is 3.27. The molecule has 0 atom stereocenters. The minimum atomic E-state index is -0.00422. The molecule has 4 heteroatoms. The van der Waals surface area contributed by atoms with Crippen molar-refractivity contribution in [3.63, 3.8) is 0 Å². The first-order chi connectivity index (χ1) is 8.24. The summed E-state index contributed by atoms with van der Waals surface area (Å²) in [5.41, 5.74) is 7.58. The first kappa shape index (κ1) is 14.9. The summed E-state index contributed by atoms with van der Waals surface area (Å²) in [6.45, 7) is 6.90. The van der Waals surface area contributed by atoms with Crippen molar-refractivity contribution in [2.24, 2.45) is 5.73 Å². The number of nitrogens with two attached hydrogens (primary N) is 1. The Labute approximate surface area is 115 Å². The quantitative estimate of drug-likeness (QED) is 0.830. The van der Waals surface area contributed by atoms with Crippen LogP contribution in [0.2, 0.25) is 0 Å². The van der Waals surface area contributed by atoms with E-state index in [1.165, 1.54) is 0 Å². The molecule has 0 aliphatic rings. The summed E-state index contributed by atoms with van der Waals surface area (Å²) in [4.78, 5) is 2.57. The number of nitrogens with zero attached hydrogens (tertiary/aromatic N) is 1. The molecule has 1 aromatic carbocycles. The fourth-order valence-corrected chi connectivity index (χ4v) is 1.62. The summed E-state index contributed by atoms with van der Waals surface area (Å²) >= 11 is 4.98. The molecule has 0 spiro atoms. The zero-order valence-corrected chi connectivity index (χ0v) is 12.6. The lowest BCUT2D eigenvalue weighted by atomic mass is 10.1. The normalized spacial score (nSPS) is 11.7. The zero-order valence-electron chi connectivity index (χ0n) is 11.8. The third kappa shape index (κ3) is 3.68. The second-order valence-corrected chi connectivity index (χ2v) is 5.78. The Hall–Kier alpha value is -1.13. The fourth-order valence-electron chi connectivity index (χ4n) is 1.39. The van der Waals surface area contributed by atoms with Gasteiger partial charge in [-0.3, -0.25) is 0 Å². The number of aryl methyl sites for hydroxylation is 1. The molecule has 2 N–H and O–H groups in total. The van der Waals surface area contributed by atoms with E-state index in [1.54, 1.807) is 0 Å². The van der Waals surface area contributed by atoms with Crippen LogP contribution in [0.3, 0.4) is 0 Å². The topological polar surface area (TPSA) is 38.5 Å². The van der Waals surface area contributed by atoms with Crippen molar-refractivity contribution in [1.29, 1.82) is 0 Å². The Morgan fingerprint density at radius 2 is 2.00 bits per heavy atom. The molecule has 100 valence electrons. The molecule has 0 amide bonds. The lowest BCUT2D eigenvalue weighted by Gasteiger charge is -2.32. The molecule has 0 unspecified atom stereocenters. The largest absolute Gasteiger partial charge is 0.492 e. The first-order valence-electron chi connectivity index (χ1n) is 5.95. The molecule has 18 heavy (non-hydrogen) atoms. The van der Waals surface area contributed by atoms with E-state index in [4.69, 9.17) is 22.7 Å². The summed E-state index contributed by atoms with van der Waals surface area (Å²) in [5.74, 6) is 0.849. The number of thiocarbonyl (C=S) groups is 1. The van der Waals surface area contributed by atoms with Crippen molar-refractivity contribution in [3.05, 3.63) is 29.3 Å². The van der Waals surface area contributed by atoms with Crippen LogP contribution in [0.25, 0.3) is 0 Å². The zero-order chi connectivity index (χ0) is 13.9. The van der Waals surface area contributed by atoms with Crippen molar-refractivity contribution in [2.45, 2.75) is 26.3 Å². The second-order valence-electron chi connectivity index (χ2n) is 5.34. The molecule has 0 saturated carbocycles. The van der Waals surface area contributed by atoms with Crippen molar-refractivity contribution < 1.29 is 4.74 Å². The lowest BCUT2D eigenvalue weighted by Crippen LogP contribution is -2.43. The van der Waals surface area contributed by atoms with Gasteiger partial charge in [-0.25, -0.2) is 0 Å². The number of likely N-dealkylation sites (N-methyl/N-ethyl adjacent to an activating group) is 1. The number of hydrogen-bond donors (Lipinski definition) is 1.